The first kappa shape index (κ1) is 20.4. The third-order valence-corrected chi connectivity index (χ3v) is 5.01. The van der Waals surface area contributed by atoms with E-state index in [0.29, 0.717) is 11.3 Å². The van der Waals surface area contributed by atoms with Crippen LogP contribution in [0.2, 0.25) is 0 Å². The lowest BCUT2D eigenvalue weighted by Crippen LogP contribution is -2.18. The van der Waals surface area contributed by atoms with Gasteiger partial charge in [-0.05, 0) is 47.5 Å². The van der Waals surface area contributed by atoms with E-state index in [9.17, 15) is 26.5 Å². The number of methoxy groups -OCH3 is 1. The van der Waals surface area contributed by atoms with Crippen molar-refractivity contribution < 1.29 is 31.3 Å². The second-order valence-corrected chi connectivity index (χ2v) is 7.36. The highest BCUT2D eigenvalue weighted by Gasteiger charge is 2.22. The number of halogens is 2. The molecule has 0 aromatic heterocycles. The van der Waals surface area contributed by atoms with Gasteiger partial charge in [0.05, 0.1) is 12.7 Å². The van der Waals surface area contributed by atoms with Crippen LogP contribution in [0, 0.1) is 11.6 Å². The molecule has 2 N–H and O–H groups in total. The molecule has 0 saturated carbocycles. The number of anilines is 1. The number of hydrogen-bond acceptors (Lipinski definition) is 4. The number of ether oxygens (including phenoxy) is 1. The molecule has 1 amide bonds. The lowest BCUT2D eigenvalue weighted by Gasteiger charge is -2.12. The average molecular weight is 419 g/mol. The molecule has 0 aliphatic heterocycles. The Balaban J connectivity index is 1.96. The van der Waals surface area contributed by atoms with Crippen LogP contribution in [0.1, 0.15) is 10.4 Å². The fourth-order valence-corrected chi connectivity index (χ4v) is 3.41. The van der Waals surface area contributed by atoms with Gasteiger partial charge in [-0.1, -0.05) is 24.3 Å². The Labute approximate surface area is 165 Å². The summed E-state index contributed by atoms with van der Waals surface area (Å²) < 4.78 is 66.2. The molecule has 0 aliphatic carbocycles. The fraction of sp³-hybridized carbons (Fsp3) is 0.0500. The molecule has 0 saturated heterocycles. The van der Waals surface area contributed by atoms with Crippen LogP contribution in [0.3, 0.4) is 0 Å². The van der Waals surface area contributed by atoms with Gasteiger partial charge in [-0.3, -0.25) is 9.35 Å². The minimum absolute atomic E-state index is 0.218. The largest absolute Gasteiger partial charge is 0.497 e. The van der Waals surface area contributed by atoms with Crippen molar-refractivity contribution in [2.45, 2.75) is 4.90 Å². The van der Waals surface area contributed by atoms with E-state index >= 15 is 0 Å². The lowest BCUT2D eigenvalue weighted by atomic mass is 10.0. The van der Waals surface area contributed by atoms with E-state index in [0.717, 1.165) is 24.3 Å². The minimum atomic E-state index is -4.70. The van der Waals surface area contributed by atoms with Gasteiger partial charge < -0.3 is 10.1 Å². The van der Waals surface area contributed by atoms with Crippen molar-refractivity contribution in [1.29, 1.82) is 0 Å². The molecule has 0 heterocycles. The Kier molecular flexibility index (Phi) is 5.62. The highest BCUT2D eigenvalue weighted by Crippen LogP contribution is 2.30. The summed E-state index contributed by atoms with van der Waals surface area (Å²) in [6, 6.07) is 13.4. The van der Waals surface area contributed by atoms with E-state index in [4.69, 9.17) is 4.74 Å². The number of carbonyl (C=O) groups is 1. The maximum atomic E-state index is 14.5. The number of hydrogen-bond donors (Lipinski definition) is 2. The Morgan fingerprint density at radius 3 is 2.24 bits per heavy atom. The van der Waals surface area contributed by atoms with E-state index in [1.807, 2.05) is 5.32 Å². The van der Waals surface area contributed by atoms with Crippen LogP contribution in [0.4, 0.5) is 14.5 Å². The molecule has 0 unspecified atom stereocenters. The second-order valence-electron chi connectivity index (χ2n) is 5.97. The van der Waals surface area contributed by atoms with E-state index in [1.165, 1.54) is 19.2 Å². The van der Waals surface area contributed by atoms with E-state index in [1.54, 1.807) is 24.3 Å². The number of benzene rings is 3. The summed E-state index contributed by atoms with van der Waals surface area (Å²) >= 11 is 0. The molecule has 3 aromatic carbocycles. The number of rotatable bonds is 5. The second kappa shape index (κ2) is 7.98. The lowest BCUT2D eigenvalue weighted by molar-refractivity contribution is 0.102. The van der Waals surface area contributed by atoms with Crippen LogP contribution in [0.5, 0.6) is 5.75 Å². The molecule has 0 spiro atoms. The van der Waals surface area contributed by atoms with Crippen molar-refractivity contribution in [1.82, 2.24) is 0 Å². The highest BCUT2D eigenvalue weighted by molar-refractivity contribution is 7.86. The van der Waals surface area contributed by atoms with Gasteiger partial charge in [-0.25, -0.2) is 8.78 Å². The Bertz CT molecular complexity index is 1170. The van der Waals surface area contributed by atoms with Crippen molar-refractivity contribution in [3.05, 3.63) is 77.9 Å². The van der Waals surface area contributed by atoms with Crippen molar-refractivity contribution in [2.75, 3.05) is 12.4 Å². The fourth-order valence-electron chi connectivity index (χ4n) is 2.72. The molecule has 0 bridgehead atoms. The van der Waals surface area contributed by atoms with Gasteiger partial charge in [-0.2, -0.15) is 8.42 Å². The summed E-state index contributed by atoms with van der Waals surface area (Å²) in [4.78, 5) is 11.7. The normalized spacial score (nSPS) is 11.2. The summed E-state index contributed by atoms with van der Waals surface area (Å²) in [7, 11) is -3.24. The zero-order chi connectivity index (χ0) is 21.2. The quantitative estimate of drug-likeness (QED) is 0.607. The Morgan fingerprint density at radius 2 is 1.62 bits per heavy atom. The molecule has 6 nitrogen and oxygen atoms in total. The van der Waals surface area contributed by atoms with Crippen LogP contribution >= 0.6 is 0 Å². The number of amides is 1. The van der Waals surface area contributed by atoms with Gasteiger partial charge in [0.15, 0.2) is 0 Å². The summed E-state index contributed by atoms with van der Waals surface area (Å²) in [5.41, 5.74) is -0.482. The molecule has 150 valence electrons. The maximum absolute atomic E-state index is 14.5. The molecular weight excluding hydrogens is 404 g/mol. The minimum Gasteiger partial charge on any atom is -0.497 e. The summed E-state index contributed by atoms with van der Waals surface area (Å²) in [6.45, 7) is 0. The first-order valence-electron chi connectivity index (χ1n) is 8.22. The highest BCUT2D eigenvalue weighted by atomic mass is 32.2. The molecule has 9 heteroatoms. The number of carbonyl (C=O) groups excluding carboxylic acids is 1. The molecule has 0 radical (unpaired) electrons. The number of nitrogens with one attached hydrogen (secondary N) is 1. The molecule has 3 aromatic rings. The van der Waals surface area contributed by atoms with Gasteiger partial charge in [0.2, 0.25) is 0 Å². The smallest absolute Gasteiger partial charge is 0.295 e. The van der Waals surface area contributed by atoms with E-state index < -0.39 is 43.8 Å². The van der Waals surface area contributed by atoms with Crippen molar-refractivity contribution >= 4 is 21.7 Å². The molecule has 0 fully saturated rings. The zero-order valence-corrected chi connectivity index (χ0v) is 15.8. The standard InChI is InChI=1S/C20H15F2NO5S/c1-28-14-6-4-5-12(9-14)13-10-16(21)19(17(22)11-13)23-20(24)15-7-2-3-8-18(15)29(25,26)27/h2-11H,1H3,(H,23,24)(H,25,26,27). The van der Waals surface area contributed by atoms with Gasteiger partial charge in [0.25, 0.3) is 16.0 Å². The third kappa shape index (κ3) is 4.41. The predicted octanol–water partition coefficient (Wildman–Crippen LogP) is 4.14. The van der Waals surface area contributed by atoms with Crippen molar-refractivity contribution in [2.24, 2.45) is 0 Å². The maximum Gasteiger partial charge on any atom is 0.295 e. The van der Waals surface area contributed by atoms with Crippen LogP contribution in [-0.2, 0) is 10.1 Å². The van der Waals surface area contributed by atoms with Crippen LogP contribution in [0.15, 0.2) is 65.6 Å². The average Bonchev–Trinajstić information content (AvgIpc) is 2.69. The molecule has 0 atom stereocenters. The molecule has 3 rings (SSSR count). The molecular formula is C20H15F2NO5S. The SMILES string of the molecule is COc1cccc(-c2cc(F)c(NC(=O)c3ccccc3S(=O)(=O)O)c(F)c2)c1. The Morgan fingerprint density at radius 1 is 0.966 bits per heavy atom. The summed E-state index contributed by atoms with van der Waals surface area (Å²) in [5.74, 6) is -2.70. The predicted molar refractivity (Wildman–Crippen MR) is 103 cm³/mol. The van der Waals surface area contributed by atoms with Crippen LogP contribution in [-0.4, -0.2) is 26.0 Å². The van der Waals surface area contributed by atoms with Crippen LogP contribution in [0.25, 0.3) is 11.1 Å². The van der Waals surface area contributed by atoms with Gasteiger partial charge in [0.1, 0.15) is 28.0 Å². The monoisotopic (exact) mass is 419 g/mol. The Hall–Kier alpha value is -3.30. The molecule has 0 aliphatic rings. The zero-order valence-electron chi connectivity index (χ0n) is 15.0. The van der Waals surface area contributed by atoms with Crippen LogP contribution < -0.4 is 10.1 Å². The van der Waals surface area contributed by atoms with E-state index in [-0.39, 0.29) is 5.56 Å². The summed E-state index contributed by atoms with van der Waals surface area (Å²) in [5, 5.41) is 2.02. The first-order valence-corrected chi connectivity index (χ1v) is 9.66. The van der Waals surface area contributed by atoms with Gasteiger partial charge in [-0.15, -0.1) is 0 Å². The van der Waals surface area contributed by atoms with Crippen molar-refractivity contribution in [3.8, 4) is 16.9 Å². The first-order chi connectivity index (χ1) is 13.7. The third-order valence-electron chi connectivity index (χ3n) is 4.09. The van der Waals surface area contributed by atoms with E-state index in [2.05, 4.69) is 0 Å². The van der Waals surface area contributed by atoms with Gasteiger partial charge >= 0.3 is 0 Å². The summed E-state index contributed by atoms with van der Waals surface area (Å²) in [6.07, 6.45) is 0. The van der Waals surface area contributed by atoms with Crippen molar-refractivity contribution in [3.63, 3.8) is 0 Å². The van der Waals surface area contributed by atoms with Gasteiger partial charge in [0, 0.05) is 0 Å². The molecule has 29 heavy (non-hydrogen) atoms. The topological polar surface area (TPSA) is 92.7 Å².